The van der Waals surface area contributed by atoms with Crippen molar-refractivity contribution < 1.29 is 12.8 Å². The summed E-state index contributed by atoms with van der Waals surface area (Å²) in [6, 6.07) is 5.43. The van der Waals surface area contributed by atoms with Gasteiger partial charge in [-0.05, 0) is 36.1 Å². The molecule has 2 aromatic heterocycles. The van der Waals surface area contributed by atoms with Crippen LogP contribution in [0.25, 0.3) is 5.78 Å². The summed E-state index contributed by atoms with van der Waals surface area (Å²) in [5, 5.41) is 4.00. The molecular weight excluding hydrogens is 333 g/mol. The van der Waals surface area contributed by atoms with E-state index in [1.165, 1.54) is 30.6 Å². The van der Waals surface area contributed by atoms with Gasteiger partial charge in [0.15, 0.2) is 0 Å². The van der Waals surface area contributed by atoms with Crippen molar-refractivity contribution in [2.45, 2.75) is 18.6 Å². The first-order chi connectivity index (χ1) is 11.5. The third-order valence-electron chi connectivity index (χ3n) is 3.42. The Kier molecular flexibility index (Phi) is 4.81. The van der Waals surface area contributed by atoms with Gasteiger partial charge in [-0.2, -0.15) is 10.1 Å². The summed E-state index contributed by atoms with van der Waals surface area (Å²) in [4.78, 5) is 8.11. The SMILES string of the molecule is O=S(=O)(Cc1ccc(F)cc1)NCCCc1cnc2ncnn2c1. The van der Waals surface area contributed by atoms with Crippen LogP contribution in [0, 0.1) is 5.82 Å². The molecule has 0 fully saturated rings. The van der Waals surface area contributed by atoms with E-state index >= 15 is 0 Å². The van der Waals surface area contributed by atoms with Crippen LogP contribution >= 0.6 is 0 Å². The van der Waals surface area contributed by atoms with Crippen LogP contribution in [-0.4, -0.2) is 34.5 Å². The van der Waals surface area contributed by atoms with Crippen molar-refractivity contribution >= 4 is 15.8 Å². The first kappa shape index (κ1) is 16.5. The summed E-state index contributed by atoms with van der Waals surface area (Å²) in [5.74, 6) is -0.0273. The zero-order valence-corrected chi connectivity index (χ0v) is 13.6. The molecule has 0 amide bonds. The second kappa shape index (κ2) is 7.02. The Balaban J connectivity index is 1.48. The van der Waals surface area contributed by atoms with E-state index < -0.39 is 10.0 Å². The van der Waals surface area contributed by atoms with Crippen LogP contribution in [0.15, 0.2) is 43.0 Å². The van der Waals surface area contributed by atoms with E-state index in [1.54, 1.807) is 10.7 Å². The van der Waals surface area contributed by atoms with Crippen LogP contribution in [0.2, 0.25) is 0 Å². The molecule has 0 saturated heterocycles. The van der Waals surface area contributed by atoms with Gasteiger partial charge >= 0.3 is 0 Å². The Morgan fingerprint density at radius 3 is 2.71 bits per heavy atom. The molecule has 3 rings (SSSR count). The lowest BCUT2D eigenvalue weighted by Gasteiger charge is -2.07. The summed E-state index contributed by atoms with van der Waals surface area (Å²) in [5.41, 5.74) is 1.50. The van der Waals surface area contributed by atoms with E-state index in [4.69, 9.17) is 0 Å². The van der Waals surface area contributed by atoms with Crippen LogP contribution in [0.3, 0.4) is 0 Å². The summed E-state index contributed by atoms with van der Waals surface area (Å²) >= 11 is 0. The minimum Gasteiger partial charge on any atom is -0.219 e. The number of nitrogens with zero attached hydrogens (tertiary/aromatic N) is 4. The predicted molar refractivity (Wildman–Crippen MR) is 86.1 cm³/mol. The quantitative estimate of drug-likeness (QED) is 0.650. The van der Waals surface area contributed by atoms with E-state index in [-0.39, 0.29) is 11.6 Å². The second-order valence-corrected chi connectivity index (χ2v) is 7.16. The number of hydrogen-bond donors (Lipinski definition) is 1. The van der Waals surface area contributed by atoms with E-state index in [0.717, 1.165) is 5.56 Å². The zero-order chi connectivity index (χ0) is 17.0. The molecule has 0 bridgehead atoms. The highest BCUT2D eigenvalue weighted by Crippen LogP contribution is 2.07. The number of benzene rings is 1. The molecule has 3 aromatic rings. The fourth-order valence-corrected chi connectivity index (χ4v) is 3.45. The molecule has 7 nitrogen and oxygen atoms in total. The molecule has 0 saturated carbocycles. The lowest BCUT2D eigenvalue weighted by atomic mass is 10.2. The maximum Gasteiger partial charge on any atom is 0.252 e. The van der Waals surface area contributed by atoms with Gasteiger partial charge in [-0.15, -0.1) is 0 Å². The Bertz CT molecular complexity index is 924. The normalized spacial score (nSPS) is 11.9. The number of aryl methyl sites for hydroxylation is 1. The van der Waals surface area contributed by atoms with Crippen LogP contribution in [-0.2, 0) is 22.2 Å². The van der Waals surface area contributed by atoms with Gasteiger partial charge in [-0.25, -0.2) is 27.0 Å². The highest BCUT2D eigenvalue weighted by atomic mass is 32.2. The smallest absolute Gasteiger partial charge is 0.219 e. The molecule has 0 unspecified atom stereocenters. The largest absolute Gasteiger partial charge is 0.252 e. The minimum atomic E-state index is -3.44. The number of aromatic nitrogens is 4. The van der Waals surface area contributed by atoms with Crippen LogP contribution in [0.5, 0.6) is 0 Å². The number of hydrogen-bond acceptors (Lipinski definition) is 5. The molecule has 1 N–H and O–H groups in total. The molecule has 0 aliphatic carbocycles. The predicted octanol–water partition coefficient (Wildman–Crippen LogP) is 1.32. The first-order valence-corrected chi connectivity index (χ1v) is 9.03. The van der Waals surface area contributed by atoms with E-state index in [0.29, 0.717) is 30.7 Å². The van der Waals surface area contributed by atoms with Crippen LogP contribution in [0.1, 0.15) is 17.5 Å². The molecule has 0 spiro atoms. The Morgan fingerprint density at radius 2 is 1.92 bits per heavy atom. The molecule has 126 valence electrons. The number of sulfonamides is 1. The zero-order valence-electron chi connectivity index (χ0n) is 12.8. The second-order valence-electron chi connectivity index (χ2n) is 5.35. The van der Waals surface area contributed by atoms with Gasteiger partial charge in [0, 0.05) is 18.9 Å². The molecule has 2 heterocycles. The third-order valence-corrected chi connectivity index (χ3v) is 4.78. The molecule has 0 atom stereocenters. The van der Waals surface area contributed by atoms with Crippen molar-refractivity contribution in [1.29, 1.82) is 0 Å². The third kappa shape index (κ3) is 4.33. The highest BCUT2D eigenvalue weighted by Gasteiger charge is 2.11. The maximum atomic E-state index is 12.8. The summed E-state index contributed by atoms with van der Waals surface area (Å²) in [7, 11) is -3.44. The Hall–Kier alpha value is -2.39. The Morgan fingerprint density at radius 1 is 1.12 bits per heavy atom. The van der Waals surface area contributed by atoms with E-state index in [9.17, 15) is 12.8 Å². The van der Waals surface area contributed by atoms with Crippen molar-refractivity contribution in [2.24, 2.45) is 0 Å². The first-order valence-electron chi connectivity index (χ1n) is 7.38. The fraction of sp³-hybridized carbons (Fsp3) is 0.267. The molecule has 24 heavy (non-hydrogen) atoms. The summed E-state index contributed by atoms with van der Waals surface area (Å²) in [6.07, 6.45) is 6.25. The van der Waals surface area contributed by atoms with Gasteiger partial charge in [0.1, 0.15) is 12.1 Å². The van der Waals surface area contributed by atoms with E-state index in [2.05, 4.69) is 19.8 Å². The number of halogens is 1. The molecule has 0 aliphatic heterocycles. The van der Waals surface area contributed by atoms with Gasteiger partial charge in [0.05, 0.1) is 5.75 Å². The average Bonchev–Trinajstić information content (AvgIpc) is 3.01. The molecule has 1 aromatic carbocycles. The molecule has 9 heteroatoms. The van der Waals surface area contributed by atoms with Crippen molar-refractivity contribution in [2.75, 3.05) is 6.54 Å². The van der Waals surface area contributed by atoms with Crippen molar-refractivity contribution in [3.63, 3.8) is 0 Å². The van der Waals surface area contributed by atoms with Crippen molar-refractivity contribution in [1.82, 2.24) is 24.3 Å². The standard InChI is InChI=1S/C15H16FN5O2S/c16-14-5-3-12(4-6-14)10-24(22,23)20-7-1-2-13-8-17-15-18-11-19-21(15)9-13/h3-6,8-9,11,20H,1-2,7,10H2. The topological polar surface area (TPSA) is 89.2 Å². The molecular formula is C15H16FN5O2S. The van der Waals surface area contributed by atoms with Crippen molar-refractivity contribution in [3.05, 3.63) is 59.9 Å². The van der Waals surface area contributed by atoms with E-state index in [1.807, 2.05) is 6.20 Å². The number of rotatable bonds is 7. The minimum absolute atomic E-state index is 0.167. The lowest BCUT2D eigenvalue weighted by Crippen LogP contribution is -2.26. The van der Waals surface area contributed by atoms with Gasteiger partial charge in [-0.3, -0.25) is 0 Å². The molecule has 0 radical (unpaired) electrons. The van der Waals surface area contributed by atoms with Gasteiger partial charge < -0.3 is 0 Å². The number of nitrogens with one attached hydrogen (secondary N) is 1. The maximum absolute atomic E-state index is 12.8. The average molecular weight is 349 g/mol. The van der Waals surface area contributed by atoms with Crippen LogP contribution < -0.4 is 4.72 Å². The molecule has 0 aliphatic rings. The lowest BCUT2D eigenvalue weighted by molar-refractivity contribution is 0.577. The van der Waals surface area contributed by atoms with Gasteiger partial charge in [0.25, 0.3) is 5.78 Å². The summed E-state index contributed by atoms with van der Waals surface area (Å²) in [6.45, 7) is 0.318. The summed E-state index contributed by atoms with van der Waals surface area (Å²) < 4.78 is 40.9. The van der Waals surface area contributed by atoms with Gasteiger partial charge in [0.2, 0.25) is 10.0 Å². The van der Waals surface area contributed by atoms with Crippen molar-refractivity contribution in [3.8, 4) is 0 Å². The Labute approximate surface area is 138 Å². The van der Waals surface area contributed by atoms with Gasteiger partial charge in [-0.1, -0.05) is 12.1 Å². The fourth-order valence-electron chi connectivity index (χ4n) is 2.26. The van der Waals surface area contributed by atoms with Crippen LogP contribution in [0.4, 0.5) is 4.39 Å². The highest BCUT2D eigenvalue weighted by molar-refractivity contribution is 7.88. The number of fused-ring (bicyclic) bond motifs is 1. The monoisotopic (exact) mass is 349 g/mol.